The molecule has 0 fully saturated rings. The molecule has 2 aromatic carbocycles. The number of hydrogen-bond donors (Lipinski definition) is 2. The van der Waals surface area contributed by atoms with Crippen molar-refractivity contribution in [3.63, 3.8) is 0 Å². The Balaban J connectivity index is 1.38. The summed E-state index contributed by atoms with van der Waals surface area (Å²) < 4.78 is 44.0. The zero-order valence-corrected chi connectivity index (χ0v) is 18.0. The number of benzene rings is 2. The minimum atomic E-state index is -4.46. The van der Waals surface area contributed by atoms with Gasteiger partial charge in [-0.3, -0.25) is 4.98 Å². The summed E-state index contributed by atoms with van der Waals surface area (Å²) in [6, 6.07) is 11.7. The number of hydrogen-bond acceptors (Lipinski definition) is 6. The molecule has 5 nitrogen and oxygen atoms in total. The molecule has 9 heteroatoms. The SMILES string of the molecule is COc1cc(C[C@@H](N)CNc2ncc(-c3ccc4cnccc4c3)s2)ccc1C(F)(F)F. The Labute approximate surface area is 187 Å². The van der Waals surface area contributed by atoms with Crippen LogP contribution in [0.4, 0.5) is 18.3 Å². The van der Waals surface area contributed by atoms with Crippen LogP contribution in [0.3, 0.4) is 0 Å². The quantitative estimate of drug-likeness (QED) is 0.390. The van der Waals surface area contributed by atoms with Crippen LogP contribution in [0.15, 0.2) is 61.1 Å². The van der Waals surface area contributed by atoms with Crippen molar-refractivity contribution in [1.29, 1.82) is 0 Å². The molecule has 0 spiro atoms. The van der Waals surface area contributed by atoms with Gasteiger partial charge in [0.05, 0.1) is 17.6 Å². The average Bonchev–Trinajstić information content (AvgIpc) is 3.25. The van der Waals surface area contributed by atoms with Crippen molar-refractivity contribution in [3.8, 4) is 16.2 Å². The zero-order valence-electron chi connectivity index (χ0n) is 17.2. The summed E-state index contributed by atoms with van der Waals surface area (Å²) in [5, 5.41) is 6.13. The van der Waals surface area contributed by atoms with Crippen LogP contribution in [0, 0.1) is 0 Å². The van der Waals surface area contributed by atoms with Crippen LogP contribution in [0.1, 0.15) is 11.1 Å². The van der Waals surface area contributed by atoms with Crippen molar-refractivity contribution in [2.75, 3.05) is 19.0 Å². The molecule has 0 amide bonds. The first-order valence-corrected chi connectivity index (χ1v) is 10.7. The van der Waals surface area contributed by atoms with Gasteiger partial charge in [0.25, 0.3) is 0 Å². The van der Waals surface area contributed by atoms with E-state index in [0.717, 1.165) is 32.4 Å². The lowest BCUT2D eigenvalue weighted by atomic mass is 10.0. The van der Waals surface area contributed by atoms with Gasteiger partial charge in [-0.1, -0.05) is 29.5 Å². The zero-order chi connectivity index (χ0) is 22.7. The maximum atomic E-state index is 13.0. The lowest BCUT2D eigenvalue weighted by molar-refractivity contribution is -0.138. The molecule has 0 aliphatic carbocycles. The molecule has 0 saturated carbocycles. The summed E-state index contributed by atoms with van der Waals surface area (Å²) in [5.74, 6) is -0.203. The molecule has 1 atom stereocenters. The fourth-order valence-corrected chi connectivity index (χ4v) is 4.24. The number of nitrogens with one attached hydrogen (secondary N) is 1. The van der Waals surface area contributed by atoms with Gasteiger partial charge in [0.15, 0.2) is 5.13 Å². The third-order valence-corrected chi connectivity index (χ3v) is 6.02. The van der Waals surface area contributed by atoms with Gasteiger partial charge in [-0.15, -0.1) is 0 Å². The number of ether oxygens (including phenoxy) is 1. The number of fused-ring (bicyclic) bond motifs is 1. The fraction of sp³-hybridized carbons (Fsp3) is 0.217. The van der Waals surface area contributed by atoms with Gasteiger partial charge < -0.3 is 15.8 Å². The van der Waals surface area contributed by atoms with Gasteiger partial charge in [0.2, 0.25) is 0 Å². The molecular weight excluding hydrogens is 437 g/mol. The fourth-order valence-electron chi connectivity index (χ4n) is 3.42. The molecule has 0 aliphatic rings. The lowest BCUT2D eigenvalue weighted by Gasteiger charge is -2.16. The summed E-state index contributed by atoms with van der Waals surface area (Å²) in [6.45, 7) is 0.430. The first-order chi connectivity index (χ1) is 15.3. The van der Waals surface area contributed by atoms with Gasteiger partial charge >= 0.3 is 6.18 Å². The normalized spacial score (nSPS) is 12.7. The first kappa shape index (κ1) is 22.0. The standard InChI is InChI=1S/C23H21F3N4OS/c1-31-20-9-14(2-5-19(20)23(24,25)26)8-18(27)12-29-22-30-13-21(32-22)16-3-4-17-11-28-7-6-15(17)10-16/h2-7,9-11,13,18H,8,12,27H2,1H3,(H,29,30)/t18-/m1/s1. The van der Waals surface area contributed by atoms with Crippen LogP contribution in [0.25, 0.3) is 21.2 Å². The molecule has 0 radical (unpaired) electrons. The second-order valence-electron chi connectivity index (χ2n) is 7.34. The van der Waals surface area contributed by atoms with Crippen molar-refractivity contribution in [1.82, 2.24) is 9.97 Å². The van der Waals surface area contributed by atoms with Gasteiger partial charge in [0.1, 0.15) is 5.75 Å². The Morgan fingerprint density at radius 3 is 2.72 bits per heavy atom. The van der Waals surface area contributed by atoms with Crippen LogP contribution >= 0.6 is 11.3 Å². The lowest BCUT2D eigenvalue weighted by Crippen LogP contribution is -2.31. The number of aromatic nitrogens is 2. The van der Waals surface area contributed by atoms with Crippen LogP contribution in [0.2, 0.25) is 0 Å². The van der Waals surface area contributed by atoms with E-state index in [9.17, 15) is 13.2 Å². The Hall–Kier alpha value is -3.17. The summed E-state index contributed by atoms with van der Waals surface area (Å²) in [5.41, 5.74) is 7.14. The van der Waals surface area contributed by atoms with E-state index < -0.39 is 11.7 Å². The summed E-state index contributed by atoms with van der Waals surface area (Å²) in [7, 11) is 1.22. The second kappa shape index (κ2) is 9.13. The van der Waals surface area contributed by atoms with E-state index in [1.165, 1.54) is 30.6 Å². The number of halogens is 3. The monoisotopic (exact) mass is 458 g/mol. The smallest absolute Gasteiger partial charge is 0.419 e. The number of alkyl halides is 3. The molecule has 0 bridgehead atoms. The van der Waals surface area contributed by atoms with E-state index in [0.29, 0.717) is 18.5 Å². The van der Waals surface area contributed by atoms with E-state index in [-0.39, 0.29) is 11.8 Å². The number of nitrogens with zero attached hydrogens (tertiary/aromatic N) is 2. The predicted molar refractivity (Wildman–Crippen MR) is 121 cm³/mol. The van der Waals surface area contributed by atoms with E-state index in [2.05, 4.69) is 21.4 Å². The predicted octanol–water partition coefficient (Wildman–Crippen LogP) is 5.37. The van der Waals surface area contributed by atoms with Crippen molar-refractivity contribution >= 4 is 27.2 Å². The Morgan fingerprint density at radius 2 is 1.94 bits per heavy atom. The molecule has 4 aromatic rings. The summed E-state index contributed by atoms with van der Waals surface area (Å²) in [6.07, 6.45) is 1.34. The number of nitrogens with two attached hydrogens (primary N) is 1. The molecule has 4 rings (SSSR count). The van der Waals surface area contributed by atoms with E-state index in [1.807, 2.05) is 30.6 Å². The minimum Gasteiger partial charge on any atom is -0.496 e. The third-order valence-electron chi connectivity index (χ3n) is 5.02. The third kappa shape index (κ3) is 5.00. The van der Waals surface area contributed by atoms with Crippen molar-refractivity contribution in [2.24, 2.45) is 5.73 Å². The van der Waals surface area contributed by atoms with Crippen LogP contribution < -0.4 is 15.8 Å². The van der Waals surface area contributed by atoms with Crippen LogP contribution in [-0.4, -0.2) is 29.7 Å². The Kier molecular flexibility index (Phi) is 6.29. The van der Waals surface area contributed by atoms with Gasteiger partial charge in [-0.25, -0.2) is 4.98 Å². The summed E-state index contributed by atoms with van der Waals surface area (Å²) >= 11 is 1.52. The number of rotatable bonds is 7. The largest absolute Gasteiger partial charge is 0.496 e. The maximum Gasteiger partial charge on any atom is 0.419 e. The molecule has 32 heavy (non-hydrogen) atoms. The molecule has 0 saturated heterocycles. The van der Waals surface area contributed by atoms with Crippen molar-refractivity contribution in [2.45, 2.75) is 18.6 Å². The Morgan fingerprint density at radius 1 is 1.09 bits per heavy atom. The highest BCUT2D eigenvalue weighted by molar-refractivity contribution is 7.18. The molecule has 0 aliphatic heterocycles. The molecular formula is C23H21F3N4OS. The first-order valence-electron chi connectivity index (χ1n) is 9.87. The molecule has 166 valence electrons. The van der Waals surface area contributed by atoms with Gasteiger partial charge in [-0.05, 0) is 47.2 Å². The molecule has 2 aromatic heterocycles. The van der Waals surface area contributed by atoms with Crippen molar-refractivity contribution < 1.29 is 17.9 Å². The number of pyridine rings is 1. The minimum absolute atomic E-state index is 0.203. The highest BCUT2D eigenvalue weighted by atomic mass is 32.1. The number of thiazole rings is 1. The van der Waals surface area contributed by atoms with E-state index in [1.54, 1.807) is 6.20 Å². The van der Waals surface area contributed by atoms with Crippen LogP contribution in [-0.2, 0) is 12.6 Å². The highest BCUT2D eigenvalue weighted by Gasteiger charge is 2.34. The average molecular weight is 459 g/mol. The molecule has 0 unspecified atom stereocenters. The van der Waals surface area contributed by atoms with Gasteiger partial charge in [0, 0.05) is 36.6 Å². The number of anilines is 1. The van der Waals surface area contributed by atoms with E-state index in [4.69, 9.17) is 10.5 Å². The maximum absolute atomic E-state index is 13.0. The molecule has 3 N–H and O–H groups in total. The topological polar surface area (TPSA) is 73.1 Å². The van der Waals surface area contributed by atoms with E-state index >= 15 is 0 Å². The molecule has 2 heterocycles. The van der Waals surface area contributed by atoms with Crippen LogP contribution in [0.5, 0.6) is 5.75 Å². The number of methoxy groups -OCH3 is 1. The Bertz CT molecular complexity index is 1230. The van der Waals surface area contributed by atoms with Gasteiger partial charge in [-0.2, -0.15) is 13.2 Å². The summed E-state index contributed by atoms with van der Waals surface area (Å²) in [4.78, 5) is 9.56. The van der Waals surface area contributed by atoms with Crippen molar-refractivity contribution in [3.05, 3.63) is 72.2 Å². The highest BCUT2D eigenvalue weighted by Crippen LogP contribution is 2.36. The second-order valence-corrected chi connectivity index (χ2v) is 8.38.